The summed E-state index contributed by atoms with van der Waals surface area (Å²) in [5.74, 6) is 2.48. The highest BCUT2D eigenvalue weighted by atomic mass is 16.5. The second kappa shape index (κ2) is 7.53. The largest absolute Gasteiger partial charge is 0.497 e. The number of nitrogens with zero attached hydrogens (tertiary/aromatic N) is 1. The van der Waals surface area contributed by atoms with Crippen LogP contribution in [-0.2, 0) is 0 Å². The molecule has 1 aliphatic heterocycles. The van der Waals surface area contributed by atoms with Gasteiger partial charge in [-0.05, 0) is 69.3 Å². The molecular formula is C19H24N2O3. The van der Waals surface area contributed by atoms with Crippen molar-refractivity contribution in [3.63, 3.8) is 0 Å². The first-order valence-electron chi connectivity index (χ1n) is 8.40. The van der Waals surface area contributed by atoms with E-state index in [-0.39, 0.29) is 11.9 Å². The van der Waals surface area contributed by atoms with Crippen molar-refractivity contribution in [1.82, 2.24) is 10.2 Å². The van der Waals surface area contributed by atoms with Crippen LogP contribution in [0.4, 0.5) is 0 Å². The quantitative estimate of drug-likeness (QED) is 0.885. The van der Waals surface area contributed by atoms with E-state index in [2.05, 4.69) is 10.2 Å². The highest BCUT2D eigenvalue weighted by Gasteiger charge is 2.26. The average Bonchev–Trinajstić information content (AvgIpc) is 3.27. The van der Waals surface area contributed by atoms with E-state index in [4.69, 9.17) is 9.15 Å². The van der Waals surface area contributed by atoms with Crippen molar-refractivity contribution in [2.45, 2.75) is 25.8 Å². The summed E-state index contributed by atoms with van der Waals surface area (Å²) in [7, 11) is 1.61. The smallest absolute Gasteiger partial charge is 0.251 e. The minimum Gasteiger partial charge on any atom is -0.497 e. The molecule has 0 saturated carbocycles. The van der Waals surface area contributed by atoms with Gasteiger partial charge in [0.15, 0.2) is 0 Å². The number of rotatable bonds is 6. The van der Waals surface area contributed by atoms with Gasteiger partial charge in [-0.1, -0.05) is 0 Å². The molecule has 1 atom stereocenters. The van der Waals surface area contributed by atoms with E-state index in [1.165, 1.54) is 12.8 Å². The third-order valence-electron chi connectivity index (χ3n) is 4.48. The molecule has 0 spiro atoms. The summed E-state index contributed by atoms with van der Waals surface area (Å²) in [6, 6.07) is 11.2. The molecule has 2 heterocycles. The highest BCUT2D eigenvalue weighted by Crippen LogP contribution is 2.26. The lowest BCUT2D eigenvalue weighted by Crippen LogP contribution is -2.36. The number of hydrogen-bond acceptors (Lipinski definition) is 4. The van der Waals surface area contributed by atoms with Gasteiger partial charge < -0.3 is 14.5 Å². The zero-order chi connectivity index (χ0) is 16.9. The van der Waals surface area contributed by atoms with Crippen LogP contribution in [0.15, 0.2) is 40.8 Å². The van der Waals surface area contributed by atoms with Gasteiger partial charge in [0.25, 0.3) is 5.91 Å². The van der Waals surface area contributed by atoms with Gasteiger partial charge in [-0.3, -0.25) is 9.69 Å². The number of carbonyl (C=O) groups is 1. The second-order valence-corrected chi connectivity index (χ2v) is 6.15. The van der Waals surface area contributed by atoms with Crippen molar-refractivity contribution in [2.75, 3.05) is 26.7 Å². The molecule has 1 aromatic heterocycles. The number of amides is 1. The molecule has 3 rings (SSSR count). The molecule has 0 radical (unpaired) electrons. The van der Waals surface area contributed by atoms with Gasteiger partial charge in [-0.2, -0.15) is 0 Å². The van der Waals surface area contributed by atoms with E-state index in [0.717, 1.165) is 30.4 Å². The number of hydrogen-bond donors (Lipinski definition) is 1. The van der Waals surface area contributed by atoms with Crippen LogP contribution in [0.5, 0.6) is 5.75 Å². The molecule has 2 aromatic rings. The number of methoxy groups -OCH3 is 1. The number of aryl methyl sites for hydroxylation is 1. The molecule has 1 N–H and O–H groups in total. The molecule has 0 bridgehead atoms. The first-order valence-corrected chi connectivity index (χ1v) is 8.40. The van der Waals surface area contributed by atoms with E-state index in [0.29, 0.717) is 12.1 Å². The Hall–Kier alpha value is -2.27. The van der Waals surface area contributed by atoms with Crippen LogP contribution in [0.1, 0.15) is 40.8 Å². The predicted molar refractivity (Wildman–Crippen MR) is 92.3 cm³/mol. The normalized spacial score (nSPS) is 16.1. The van der Waals surface area contributed by atoms with Gasteiger partial charge >= 0.3 is 0 Å². The summed E-state index contributed by atoms with van der Waals surface area (Å²) in [6.45, 7) is 4.57. The third-order valence-corrected chi connectivity index (χ3v) is 4.48. The van der Waals surface area contributed by atoms with Crippen LogP contribution >= 0.6 is 0 Å². The summed E-state index contributed by atoms with van der Waals surface area (Å²) >= 11 is 0. The van der Waals surface area contributed by atoms with Crippen LogP contribution in [0.2, 0.25) is 0 Å². The van der Waals surface area contributed by atoms with Crippen molar-refractivity contribution >= 4 is 5.91 Å². The summed E-state index contributed by atoms with van der Waals surface area (Å²) < 4.78 is 10.9. The van der Waals surface area contributed by atoms with E-state index in [1.54, 1.807) is 31.4 Å². The standard InChI is InChI=1S/C19H24N2O3/c1-14-5-10-18(24-14)17(21-11-3-4-12-21)13-20-19(22)15-6-8-16(23-2)9-7-15/h5-10,17H,3-4,11-13H2,1-2H3,(H,20,22)/t17-/m1/s1. The number of benzene rings is 1. The van der Waals surface area contributed by atoms with Crippen molar-refractivity contribution in [1.29, 1.82) is 0 Å². The van der Waals surface area contributed by atoms with Gasteiger partial charge in [-0.25, -0.2) is 0 Å². The maximum atomic E-state index is 12.4. The molecule has 24 heavy (non-hydrogen) atoms. The lowest BCUT2D eigenvalue weighted by Gasteiger charge is -2.26. The minimum absolute atomic E-state index is 0.0786. The molecule has 1 amide bonds. The number of ether oxygens (including phenoxy) is 1. The Morgan fingerprint density at radius 1 is 1.21 bits per heavy atom. The zero-order valence-corrected chi connectivity index (χ0v) is 14.2. The fourth-order valence-corrected chi connectivity index (χ4v) is 3.13. The monoisotopic (exact) mass is 328 g/mol. The van der Waals surface area contributed by atoms with Crippen molar-refractivity contribution < 1.29 is 13.9 Å². The Bertz CT molecular complexity index is 672. The summed E-state index contributed by atoms with van der Waals surface area (Å²) in [5, 5.41) is 3.04. The van der Waals surface area contributed by atoms with Gasteiger partial charge in [-0.15, -0.1) is 0 Å². The Kier molecular flexibility index (Phi) is 5.20. The highest BCUT2D eigenvalue weighted by molar-refractivity contribution is 5.94. The van der Waals surface area contributed by atoms with Crippen molar-refractivity contribution in [3.05, 3.63) is 53.5 Å². The van der Waals surface area contributed by atoms with E-state index >= 15 is 0 Å². The molecule has 5 nitrogen and oxygen atoms in total. The zero-order valence-electron chi connectivity index (χ0n) is 14.2. The molecule has 0 unspecified atom stereocenters. The lowest BCUT2D eigenvalue weighted by atomic mass is 10.1. The van der Waals surface area contributed by atoms with Gasteiger partial charge in [0, 0.05) is 12.1 Å². The number of carbonyl (C=O) groups excluding carboxylic acids is 1. The maximum absolute atomic E-state index is 12.4. The SMILES string of the molecule is COc1ccc(C(=O)NC[C@H](c2ccc(C)o2)N2CCCC2)cc1. The van der Waals surface area contributed by atoms with E-state index < -0.39 is 0 Å². The number of furan rings is 1. The fourth-order valence-electron chi connectivity index (χ4n) is 3.13. The molecule has 1 saturated heterocycles. The summed E-state index contributed by atoms with van der Waals surface area (Å²) in [4.78, 5) is 14.8. The van der Waals surface area contributed by atoms with E-state index in [9.17, 15) is 4.79 Å². The van der Waals surface area contributed by atoms with Crippen LogP contribution < -0.4 is 10.1 Å². The van der Waals surface area contributed by atoms with Gasteiger partial charge in [0.2, 0.25) is 0 Å². The van der Waals surface area contributed by atoms with E-state index in [1.807, 2.05) is 19.1 Å². The Labute approximate surface area is 142 Å². The topological polar surface area (TPSA) is 54.7 Å². The molecular weight excluding hydrogens is 304 g/mol. The van der Waals surface area contributed by atoms with Gasteiger partial charge in [0.05, 0.1) is 13.2 Å². The molecule has 0 aliphatic carbocycles. The molecule has 1 fully saturated rings. The Morgan fingerprint density at radius 2 is 1.92 bits per heavy atom. The Morgan fingerprint density at radius 3 is 2.50 bits per heavy atom. The summed E-state index contributed by atoms with van der Waals surface area (Å²) in [5.41, 5.74) is 0.631. The minimum atomic E-state index is -0.0786. The Balaban J connectivity index is 1.67. The van der Waals surface area contributed by atoms with Crippen LogP contribution in [0, 0.1) is 6.92 Å². The van der Waals surface area contributed by atoms with Crippen LogP contribution in [-0.4, -0.2) is 37.6 Å². The summed E-state index contributed by atoms with van der Waals surface area (Å²) in [6.07, 6.45) is 2.39. The fraction of sp³-hybridized carbons (Fsp3) is 0.421. The third kappa shape index (κ3) is 3.79. The molecule has 5 heteroatoms. The second-order valence-electron chi connectivity index (χ2n) is 6.15. The first kappa shape index (κ1) is 16.6. The van der Waals surface area contributed by atoms with Crippen LogP contribution in [0.3, 0.4) is 0 Å². The van der Waals surface area contributed by atoms with Crippen LogP contribution in [0.25, 0.3) is 0 Å². The van der Waals surface area contributed by atoms with Gasteiger partial charge in [0.1, 0.15) is 17.3 Å². The van der Waals surface area contributed by atoms with Crippen molar-refractivity contribution in [2.24, 2.45) is 0 Å². The first-order chi connectivity index (χ1) is 11.7. The molecule has 1 aliphatic rings. The maximum Gasteiger partial charge on any atom is 0.251 e. The number of likely N-dealkylation sites (tertiary alicyclic amines) is 1. The lowest BCUT2D eigenvalue weighted by molar-refractivity contribution is 0.0933. The van der Waals surface area contributed by atoms with Crippen molar-refractivity contribution in [3.8, 4) is 5.75 Å². The number of nitrogens with one attached hydrogen (secondary N) is 1. The predicted octanol–water partition coefficient (Wildman–Crippen LogP) is 3.16. The average molecular weight is 328 g/mol. The molecule has 1 aromatic carbocycles. The molecule has 128 valence electrons.